The second-order valence-electron chi connectivity index (χ2n) is 6.32. The summed E-state index contributed by atoms with van der Waals surface area (Å²) in [6.45, 7) is 2.18. The molecule has 0 saturated carbocycles. The topological polar surface area (TPSA) is 19.7 Å². The van der Waals surface area contributed by atoms with E-state index in [4.69, 9.17) is 0 Å². The Kier molecular flexibility index (Phi) is 2.82. The lowest BCUT2D eigenvalue weighted by molar-refractivity contribution is -0.629. The van der Waals surface area contributed by atoms with Crippen molar-refractivity contribution < 1.29 is 4.57 Å². The maximum Gasteiger partial charge on any atom is 0.270 e. The minimum Gasteiger partial charge on any atom is -0.354 e. The lowest BCUT2D eigenvalue weighted by Crippen LogP contribution is -2.28. The van der Waals surface area contributed by atoms with Gasteiger partial charge in [-0.3, -0.25) is 0 Å². The monoisotopic (exact) mass is 329 g/mol. The highest BCUT2D eigenvalue weighted by molar-refractivity contribution is 7.21. The molecule has 116 valence electrons. The Balaban J connectivity index is 1.85. The van der Waals surface area contributed by atoms with Crippen molar-refractivity contribution >= 4 is 43.4 Å². The third-order valence-electron chi connectivity index (χ3n) is 4.83. The van der Waals surface area contributed by atoms with Crippen LogP contribution in [0.5, 0.6) is 0 Å². The van der Waals surface area contributed by atoms with E-state index in [9.17, 15) is 0 Å². The van der Waals surface area contributed by atoms with E-state index in [1.807, 2.05) is 11.3 Å². The summed E-state index contributed by atoms with van der Waals surface area (Å²) in [5, 5.41) is 3.90. The maximum absolute atomic E-state index is 3.55. The summed E-state index contributed by atoms with van der Waals surface area (Å²) >= 11 is 1.87. The molecule has 2 heterocycles. The fourth-order valence-corrected chi connectivity index (χ4v) is 4.80. The molecule has 3 aromatic carbocycles. The van der Waals surface area contributed by atoms with Crippen LogP contribution >= 0.6 is 11.3 Å². The molecule has 2 nitrogen and oxygen atoms in total. The zero-order valence-corrected chi connectivity index (χ0v) is 14.4. The standard InChI is InChI=1S/C21H17N2S/c1-13-7-3-4-8-14(13)21-23(2)19-12-18-16(11-20(19)24-21)15-9-5-6-10-17(15)22-18/h3-12,22H,1-2H3/q+1. The van der Waals surface area contributed by atoms with Crippen molar-refractivity contribution in [2.75, 3.05) is 0 Å². The van der Waals surface area contributed by atoms with Crippen molar-refractivity contribution in [1.82, 2.24) is 4.98 Å². The van der Waals surface area contributed by atoms with Gasteiger partial charge in [0.05, 0.1) is 11.1 Å². The van der Waals surface area contributed by atoms with E-state index >= 15 is 0 Å². The minimum atomic E-state index is 1.20. The van der Waals surface area contributed by atoms with Crippen LogP contribution in [-0.4, -0.2) is 4.98 Å². The Morgan fingerprint density at radius 1 is 0.875 bits per heavy atom. The highest BCUT2D eigenvalue weighted by Gasteiger charge is 2.21. The number of nitrogens with one attached hydrogen (secondary N) is 1. The Bertz CT molecular complexity index is 1230. The smallest absolute Gasteiger partial charge is 0.270 e. The quantitative estimate of drug-likeness (QED) is 0.401. The van der Waals surface area contributed by atoms with Crippen molar-refractivity contribution in [2.45, 2.75) is 6.92 Å². The van der Waals surface area contributed by atoms with Crippen molar-refractivity contribution in [3.8, 4) is 10.6 Å². The Hall–Kier alpha value is -2.65. The molecule has 2 aromatic heterocycles. The van der Waals surface area contributed by atoms with Gasteiger partial charge in [-0.05, 0) is 30.7 Å². The largest absolute Gasteiger partial charge is 0.354 e. The maximum atomic E-state index is 3.55. The predicted octanol–water partition coefficient (Wildman–Crippen LogP) is 5.34. The van der Waals surface area contributed by atoms with Crippen LogP contribution < -0.4 is 4.57 Å². The van der Waals surface area contributed by atoms with Crippen LogP contribution in [0.4, 0.5) is 0 Å². The molecule has 3 heteroatoms. The molecule has 0 saturated heterocycles. The Morgan fingerprint density at radius 2 is 1.67 bits per heavy atom. The van der Waals surface area contributed by atoms with E-state index < -0.39 is 0 Å². The van der Waals surface area contributed by atoms with E-state index in [1.54, 1.807) is 0 Å². The highest BCUT2D eigenvalue weighted by Crippen LogP contribution is 2.34. The number of nitrogens with zero attached hydrogens (tertiary/aromatic N) is 1. The summed E-state index contributed by atoms with van der Waals surface area (Å²) in [4.78, 5) is 3.55. The molecule has 0 bridgehead atoms. The lowest BCUT2D eigenvalue weighted by atomic mass is 10.1. The Morgan fingerprint density at radius 3 is 2.54 bits per heavy atom. The second kappa shape index (κ2) is 4.92. The van der Waals surface area contributed by atoms with Gasteiger partial charge in [-0.1, -0.05) is 47.7 Å². The van der Waals surface area contributed by atoms with E-state index in [1.165, 1.54) is 48.2 Å². The summed E-state index contributed by atoms with van der Waals surface area (Å²) in [5.41, 5.74) is 6.31. The van der Waals surface area contributed by atoms with E-state index in [2.05, 4.69) is 84.2 Å². The first kappa shape index (κ1) is 13.8. The molecule has 5 rings (SSSR count). The molecule has 0 aliphatic heterocycles. The highest BCUT2D eigenvalue weighted by atomic mass is 32.1. The number of benzene rings is 3. The molecular weight excluding hydrogens is 312 g/mol. The van der Waals surface area contributed by atoms with Gasteiger partial charge >= 0.3 is 0 Å². The lowest BCUT2D eigenvalue weighted by Gasteiger charge is -1.98. The number of rotatable bonds is 1. The molecule has 0 radical (unpaired) electrons. The molecule has 0 spiro atoms. The predicted molar refractivity (Wildman–Crippen MR) is 103 cm³/mol. The summed E-state index contributed by atoms with van der Waals surface area (Å²) in [5.74, 6) is 0. The summed E-state index contributed by atoms with van der Waals surface area (Å²) < 4.78 is 3.64. The van der Waals surface area contributed by atoms with Crippen LogP contribution in [0.2, 0.25) is 0 Å². The molecule has 0 unspecified atom stereocenters. The zero-order valence-electron chi connectivity index (χ0n) is 13.6. The van der Waals surface area contributed by atoms with E-state index in [-0.39, 0.29) is 0 Å². The van der Waals surface area contributed by atoms with Gasteiger partial charge in [0.15, 0.2) is 0 Å². The molecule has 0 atom stereocenters. The number of aryl methyl sites for hydroxylation is 2. The number of hydrogen-bond acceptors (Lipinski definition) is 1. The Labute approximate surface area is 144 Å². The number of thiazole rings is 1. The van der Waals surface area contributed by atoms with Crippen LogP contribution in [0, 0.1) is 6.92 Å². The van der Waals surface area contributed by atoms with Gasteiger partial charge < -0.3 is 4.98 Å². The van der Waals surface area contributed by atoms with Crippen LogP contribution in [0.1, 0.15) is 5.56 Å². The number of fused-ring (bicyclic) bond motifs is 4. The fourth-order valence-electron chi connectivity index (χ4n) is 3.54. The van der Waals surface area contributed by atoms with Gasteiger partial charge in [0.25, 0.3) is 5.01 Å². The number of aromatic nitrogens is 2. The zero-order chi connectivity index (χ0) is 16.3. The van der Waals surface area contributed by atoms with Gasteiger partial charge in [-0.2, -0.15) is 4.57 Å². The number of H-pyrrole nitrogens is 1. The molecule has 24 heavy (non-hydrogen) atoms. The van der Waals surface area contributed by atoms with E-state index in [0.29, 0.717) is 0 Å². The molecule has 0 fully saturated rings. The van der Waals surface area contributed by atoms with Crippen molar-refractivity contribution in [3.05, 3.63) is 66.2 Å². The van der Waals surface area contributed by atoms with Crippen molar-refractivity contribution in [2.24, 2.45) is 7.05 Å². The van der Waals surface area contributed by atoms with Gasteiger partial charge in [0, 0.05) is 22.4 Å². The van der Waals surface area contributed by atoms with Crippen molar-refractivity contribution in [1.29, 1.82) is 0 Å². The molecule has 0 amide bonds. The van der Waals surface area contributed by atoms with Gasteiger partial charge in [0.2, 0.25) is 5.52 Å². The summed E-state index contributed by atoms with van der Waals surface area (Å²) in [6.07, 6.45) is 0. The molecule has 5 aromatic rings. The average molecular weight is 329 g/mol. The first-order valence-electron chi connectivity index (χ1n) is 8.11. The van der Waals surface area contributed by atoms with Gasteiger partial charge in [-0.15, -0.1) is 0 Å². The van der Waals surface area contributed by atoms with Crippen molar-refractivity contribution in [3.63, 3.8) is 0 Å². The molecule has 0 aliphatic carbocycles. The molecular formula is C21H17N2S+. The molecule has 1 N–H and O–H groups in total. The normalized spacial score (nSPS) is 11.8. The number of hydrogen-bond donors (Lipinski definition) is 1. The third kappa shape index (κ3) is 1.85. The van der Waals surface area contributed by atoms with Crippen LogP contribution in [0.3, 0.4) is 0 Å². The minimum absolute atomic E-state index is 1.20. The first-order chi connectivity index (χ1) is 11.7. The SMILES string of the molecule is Cc1ccccc1-c1sc2cc3c(cc2[n+]1C)[nH]c1ccccc13. The third-order valence-corrected chi connectivity index (χ3v) is 6.07. The van der Waals surface area contributed by atoms with Gasteiger partial charge in [-0.25, -0.2) is 0 Å². The number of aromatic amines is 1. The first-order valence-corrected chi connectivity index (χ1v) is 8.93. The summed E-state index contributed by atoms with van der Waals surface area (Å²) in [7, 11) is 2.16. The fraction of sp³-hybridized carbons (Fsp3) is 0.0952. The van der Waals surface area contributed by atoms with Crippen LogP contribution in [-0.2, 0) is 7.05 Å². The molecule has 0 aliphatic rings. The second-order valence-corrected chi connectivity index (χ2v) is 7.35. The van der Waals surface area contributed by atoms with Crippen LogP contribution in [0.15, 0.2) is 60.7 Å². The van der Waals surface area contributed by atoms with E-state index in [0.717, 1.165) is 0 Å². The number of para-hydroxylation sites is 1. The van der Waals surface area contributed by atoms with Crippen LogP contribution in [0.25, 0.3) is 42.6 Å². The average Bonchev–Trinajstić information content (AvgIpc) is 3.11. The van der Waals surface area contributed by atoms with Gasteiger partial charge in [0.1, 0.15) is 11.7 Å². The summed E-state index contributed by atoms with van der Waals surface area (Å²) in [6, 6.07) is 21.7.